The van der Waals surface area contributed by atoms with Crippen LogP contribution in [-0.4, -0.2) is 12.5 Å². The second-order valence-electron chi connectivity index (χ2n) is 9.17. The number of anilines is 2. The molecule has 27 heavy (non-hydrogen) atoms. The Morgan fingerprint density at radius 3 is 2.41 bits per heavy atom. The summed E-state index contributed by atoms with van der Waals surface area (Å²) in [6.45, 7) is 2.45. The normalized spacial score (nSPS) is 31.8. The van der Waals surface area contributed by atoms with E-state index in [1.54, 1.807) is 19.1 Å². The molecule has 0 spiro atoms. The topological polar surface area (TPSA) is 67.2 Å². The van der Waals surface area contributed by atoms with Gasteiger partial charge >= 0.3 is 0 Å². The molecule has 4 aliphatic rings. The highest BCUT2D eigenvalue weighted by Crippen LogP contribution is 2.61. The van der Waals surface area contributed by atoms with Crippen LogP contribution in [0.15, 0.2) is 30.0 Å². The van der Waals surface area contributed by atoms with Gasteiger partial charge in [0.1, 0.15) is 5.82 Å². The summed E-state index contributed by atoms with van der Waals surface area (Å²) in [6.07, 6.45) is 10.9. The third-order valence-electron chi connectivity index (χ3n) is 6.73. The van der Waals surface area contributed by atoms with Crippen LogP contribution in [0.4, 0.5) is 15.8 Å². The number of halogens is 1. The molecule has 4 bridgehead atoms. The van der Waals surface area contributed by atoms with Crippen LogP contribution < -0.4 is 16.4 Å². The number of allylic oxidation sites excluding steroid dienone is 1. The zero-order valence-electron chi connectivity index (χ0n) is 16.1. The van der Waals surface area contributed by atoms with E-state index in [-0.39, 0.29) is 11.7 Å². The summed E-state index contributed by atoms with van der Waals surface area (Å²) in [4.78, 5) is 11.7. The van der Waals surface area contributed by atoms with Crippen molar-refractivity contribution in [2.24, 2.45) is 28.9 Å². The Morgan fingerprint density at radius 1 is 1.22 bits per heavy atom. The molecule has 146 valence electrons. The molecule has 0 radical (unpaired) electrons. The average molecular weight is 372 g/mol. The van der Waals surface area contributed by atoms with E-state index in [1.165, 1.54) is 50.7 Å². The number of amides is 1. The van der Waals surface area contributed by atoms with Crippen molar-refractivity contribution >= 4 is 17.3 Å². The van der Waals surface area contributed by atoms with E-state index < -0.39 is 0 Å². The minimum absolute atomic E-state index is 0.341. The van der Waals surface area contributed by atoms with E-state index in [2.05, 4.69) is 10.6 Å². The first-order valence-electron chi connectivity index (χ1n) is 10.2. The maximum atomic E-state index is 14.4. The summed E-state index contributed by atoms with van der Waals surface area (Å²) < 4.78 is 14.4. The zero-order valence-corrected chi connectivity index (χ0v) is 16.1. The number of hydrogen-bond acceptors (Lipinski definition) is 3. The Balaban J connectivity index is 1.32. The molecular formula is C22H30FN3O. The van der Waals surface area contributed by atoms with Gasteiger partial charge in [-0.25, -0.2) is 4.39 Å². The lowest BCUT2D eigenvalue weighted by Crippen LogP contribution is -2.46. The smallest absolute Gasteiger partial charge is 0.250 e. The average Bonchev–Trinajstić information content (AvgIpc) is 2.54. The van der Waals surface area contributed by atoms with E-state index in [4.69, 9.17) is 5.73 Å². The maximum absolute atomic E-state index is 14.4. The van der Waals surface area contributed by atoms with E-state index in [1.807, 2.05) is 0 Å². The summed E-state index contributed by atoms with van der Waals surface area (Å²) in [5, 5.41) is 5.90. The minimum atomic E-state index is -0.350. The van der Waals surface area contributed by atoms with Gasteiger partial charge in [0.2, 0.25) is 5.91 Å². The number of carbonyl (C=O) groups is 1. The lowest BCUT2D eigenvalue weighted by Gasteiger charge is -2.57. The second-order valence-corrected chi connectivity index (χ2v) is 9.17. The largest absolute Gasteiger partial charge is 0.402 e. The van der Waals surface area contributed by atoms with Gasteiger partial charge in [0.25, 0.3) is 0 Å². The number of carbonyl (C=O) groups excluding carboxylic acids is 1. The van der Waals surface area contributed by atoms with Gasteiger partial charge in [-0.05, 0) is 93.2 Å². The number of rotatable bonds is 6. The van der Waals surface area contributed by atoms with Crippen LogP contribution in [0.5, 0.6) is 0 Å². The van der Waals surface area contributed by atoms with Gasteiger partial charge in [-0.1, -0.05) is 0 Å². The van der Waals surface area contributed by atoms with E-state index in [0.717, 1.165) is 30.7 Å². The van der Waals surface area contributed by atoms with Gasteiger partial charge in [0, 0.05) is 24.0 Å². The van der Waals surface area contributed by atoms with Crippen molar-refractivity contribution in [1.29, 1.82) is 0 Å². The quantitative estimate of drug-likeness (QED) is 0.638. The van der Waals surface area contributed by atoms with Crippen LogP contribution in [0.2, 0.25) is 0 Å². The first kappa shape index (κ1) is 18.3. The Kier molecular flexibility index (Phi) is 4.87. The molecule has 0 unspecified atom stereocenters. The summed E-state index contributed by atoms with van der Waals surface area (Å²) in [7, 11) is 0. The molecule has 0 atom stereocenters. The Morgan fingerprint density at radius 2 is 1.85 bits per heavy atom. The molecule has 4 N–H and O–H groups in total. The number of nitrogens with one attached hydrogen (secondary N) is 2. The first-order chi connectivity index (χ1) is 12.9. The van der Waals surface area contributed by atoms with E-state index in [9.17, 15) is 9.18 Å². The molecule has 1 aromatic carbocycles. The molecule has 4 aliphatic carbocycles. The van der Waals surface area contributed by atoms with E-state index in [0.29, 0.717) is 22.5 Å². The molecule has 1 aromatic rings. The van der Waals surface area contributed by atoms with Crippen molar-refractivity contribution in [3.05, 3.63) is 35.8 Å². The summed E-state index contributed by atoms with van der Waals surface area (Å²) in [6, 6.07) is 4.77. The molecule has 0 aliphatic heterocycles. The highest BCUT2D eigenvalue weighted by Gasteiger charge is 2.50. The number of hydrogen-bond donors (Lipinski definition) is 3. The summed E-state index contributed by atoms with van der Waals surface area (Å²) >= 11 is 0. The Hall–Kier alpha value is -2.04. The van der Waals surface area contributed by atoms with Crippen LogP contribution in [0.1, 0.15) is 51.9 Å². The van der Waals surface area contributed by atoms with Gasteiger partial charge < -0.3 is 16.4 Å². The highest BCUT2D eigenvalue weighted by atomic mass is 19.1. The third-order valence-corrected chi connectivity index (χ3v) is 6.73. The predicted octanol–water partition coefficient (Wildman–Crippen LogP) is 4.65. The molecule has 4 nitrogen and oxygen atoms in total. The monoisotopic (exact) mass is 371 g/mol. The molecule has 4 saturated carbocycles. The van der Waals surface area contributed by atoms with Gasteiger partial charge in [-0.3, -0.25) is 4.79 Å². The fourth-order valence-electron chi connectivity index (χ4n) is 6.18. The summed E-state index contributed by atoms with van der Waals surface area (Å²) in [5.74, 6) is 2.15. The standard InChI is InChI=1S/C22H30FN3O/c1-14(24)6-21(27)26-18-2-3-20(19(23)10-18)25-5-4-22-11-15-7-16(12-22)9-17(8-15)13-22/h2-3,6,10,15-17,25H,4-5,7-9,11-13,24H2,1H3,(H,26,27)/b14-6+. The van der Waals surface area contributed by atoms with Crippen LogP contribution in [0.3, 0.4) is 0 Å². The molecular weight excluding hydrogens is 341 g/mol. The first-order valence-corrected chi connectivity index (χ1v) is 10.2. The fraction of sp³-hybridized carbons (Fsp3) is 0.591. The van der Waals surface area contributed by atoms with Crippen LogP contribution in [-0.2, 0) is 4.79 Å². The van der Waals surface area contributed by atoms with Crippen molar-refractivity contribution in [2.75, 3.05) is 17.2 Å². The number of benzene rings is 1. The van der Waals surface area contributed by atoms with Gasteiger partial charge in [0.15, 0.2) is 0 Å². The molecule has 5 rings (SSSR count). The van der Waals surface area contributed by atoms with Gasteiger partial charge in [-0.15, -0.1) is 0 Å². The number of nitrogens with two attached hydrogens (primary N) is 1. The van der Waals surface area contributed by atoms with Crippen LogP contribution >= 0.6 is 0 Å². The van der Waals surface area contributed by atoms with Crippen molar-refractivity contribution in [3.63, 3.8) is 0 Å². The molecule has 5 heteroatoms. The minimum Gasteiger partial charge on any atom is -0.402 e. The van der Waals surface area contributed by atoms with Crippen molar-refractivity contribution in [3.8, 4) is 0 Å². The third kappa shape index (κ3) is 4.12. The maximum Gasteiger partial charge on any atom is 0.250 e. The summed E-state index contributed by atoms with van der Waals surface area (Å²) in [5.41, 5.74) is 7.33. The molecule has 0 saturated heterocycles. The highest BCUT2D eigenvalue weighted by molar-refractivity contribution is 5.99. The molecule has 1 amide bonds. The predicted molar refractivity (Wildman–Crippen MR) is 107 cm³/mol. The van der Waals surface area contributed by atoms with Crippen LogP contribution in [0.25, 0.3) is 0 Å². The SMILES string of the molecule is C/C(N)=C\C(=O)Nc1ccc(NCCC23CC4CC(CC(C4)C2)C3)c(F)c1. The van der Waals surface area contributed by atoms with Gasteiger partial charge in [0.05, 0.1) is 5.69 Å². The lowest BCUT2D eigenvalue weighted by molar-refractivity contribution is -0.111. The van der Waals surface area contributed by atoms with Gasteiger partial charge in [-0.2, -0.15) is 0 Å². The molecule has 0 aromatic heterocycles. The molecule has 4 fully saturated rings. The molecule has 0 heterocycles. The van der Waals surface area contributed by atoms with Crippen molar-refractivity contribution in [2.45, 2.75) is 51.9 Å². The fourth-order valence-corrected chi connectivity index (χ4v) is 6.18. The van der Waals surface area contributed by atoms with E-state index >= 15 is 0 Å². The zero-order chi connectivity index (χ0) is 19.0. The van der Waals surface area contributed by atoms with Crippen molar-refractivity contribution < 1.29 is 9.18 Å². The second kappa shape index (κ2) is 7.17. The Bertz CT molecular complexity index is 719. The lowest BCUT2D eigenvalue weighted by atomic mass is 9.49. The van der Waals surface area contributed by atoms with Crippen molar-refractivity contribution in [1.82, 2.24) is 0 Å². The van der Waals surface area contributed by atoms with Crippen LogP contribution in [0, 0.1) is 29.0 Å². The Labute approximate surface area is 160 Å².